The molecule has 3 heteroatoms. The van der Waals surface area contributed by atoms with Gasteiger partial charge < -0.3 is 5.32 Å². The highest BCUT2D eigenvalue weighted by molar-refractivity contribution is 9.10. The fourth-order valence-corrected chi connectivity index (χ4v) is 2.65. The largest absolute Gasteiger partial charge is 0.349 e. The van der Waals surface area contributed by atoms with Gasteiger partial charge in [-0.25, -0.2) is 0 Å². The topological polar surface area (TPSA) is 29.1 Å². The van der Waals surface area contributed by atoms with E-state index in [1.165, 1.54) is 16.7 Å². The molecular formula is C18H20BrNO. The van der Waals surface area contributed by atoms with Crippen LogP contribution in [0.4, 0.5) is 0 Å². The van der Waals surface area contributed by atoms with Crippen LogP contribution in [0.2, 0.25) is 0 Å². The van der Waals surface area contributed by atoms with Crippen LogP contribution in [0.5, 0.6) is 0 Å². The van der Waals surface area contributed by atoms with Gasteiger partial charge in [0.1, 0.15) is 0 Å². The van der Waals surface area contributed by atoms with Crippen LogP contribution in [0.1, 0.15) is 35.2 Å². The zero-order valence-electron chi connectivity index (χ0n) is 12.6. The molecular weight excluding hydrogens is 326 g/mol. The van der Waals surface area contributed by atoms with Crippen LogP contribution in [-0.4, -0.2) is 5.91 Å². The van der Waals surface area contributed by atoms with Gasteiger partial charge in [-0.1, -0.05) is 51.8 Å². The number of halogens is 1. The second kappa shape index (κ2) is 6.90. The number of nitrogens with one attached hydrogen (secondary N) is 1. The standard InChI is InChI=1S/C18H20BrNO/c1-12-4-5-13(2)17(10-12)14(3)20-18(21)11-15-6-8-16(19)9-7-15/h4-10,14H,11H2,1-3H3,(H,20,21). The lowest BCUT2D eigenvalue weighted by Gasteiger charge is -2.17. The Kier molecular flexibility index (Phi) is 5.18. The maximum absolute atomic E-state index is 12.2. The normalized spacial score (nSPS) is 12.0. The van der Waals surface area contributed by atoms with Crippen molar-refractivity contribution < 1.29 is 4.79 Å². The highest BCUT2D eigenvalue weighted by atomic mass is 79.9. The summed E-state index contributed by atoms with van der Waals surface area (Å²) in [6.07, 6.45) is 0.405. The molecule has 2 nitrogen and oxygen atoms in total. The van der Waals surface area contributed by atoms with E-state index in [1.54, 1.807) is 0 Å². The molecule has 0 bridgehead atoms. The number of aryl methyl sites for hydroxylation is 2. The van der Waals surface area contributed by atoms with E-state index in [4.69, 9.17) is 0 Å². The number of carbonyl (C=O) groups excluding carboxylic acids is 1. The predicted molar refractivity (Wildman–Crippen MR) is 90.3 cm³/mol. The molecule has 0 heterocycles. The van der Waals surface area contributed by atoms with Gasteiger partial charge in [0, 0.05) is 4.47 Å². The van der Waals surface area contributed by atoms with Crippen molar-refractivity contribution in [2.45, 2.75) is 33.2 Å². The van der Waals surface area contributed by atoms with Crippen molar-refractivity contribution in [2.75, 3.05) is 0 Å². The number of amides is 1. The van der Waals surface area contributed by atoms with E-state index in [-0.39, 0.29) is 11.9 Å². The number of benzene rings is 2. The van der Waals surface area contributed by atoms with E-state index in [0.717, 1.165) is 10.0 Å². The first-order valence-electron chi connectivity index (χ1n) is 7.06. The Balaban J connectivity index is 2.01. The first-order chi connectivity index (χ1) is 9.95. The monoisotopic (exact) mass is 345 g/mol. The van der Waals surface area contributed by atoms with Crippen molar-refractivity contribution in [1.29, 1.82) is 0 Å². The number of hydrogen-bond acceptors (Lipinski definition) is 1. The second-order valence-corrected chi connectivity index (χ2v) is 6.37. The van der Waals surface area contributed by atoms with E-state index < -0.39 is 0 Å². The maximum Gasteiger partial charge on any atom is 0.224 e. The molecule has 0 aliphatic rings. The quantitative estimate of drug-likeness (QED) is 0.869. The van der Waals surface area contributed by atoms with Gasteiger partial charge in [-0.15, -0.1) is 0 Å². The van der Waals surface area contributed by atoms with Gasteiger partial charge in [0.25, 0.3) is 0 Å². The number of rotatable bonds is 4. The lowest BCUT2D eigenvalue weighted by molar-refractivity contribution is -0.121. The molecule has 0 aromatic heterocycles. The molecule has 1 atom stereocenters. The minimum Gasteiger partial charge on any atom is -0.349 e. The third kappa shape index (κ3) is 4.43. The Hall–Kier alpha value is -1.61. The molecule has 0 radical (unpaired) electrons. The number of hydrogen-bond donors (Lipinski definition) is 1. The van der Waals surface area contributed by atoms with Gasteiger partial charge in [0.15, 0.2) is 0 Å². The second-order valence-electron chi connectivity index (χ2n) is 5.45. The summed E-state index contributed by atoms with van der Waals surface area (Å²) in [7, 11) is 0. The van der Waals surface area contributed by atoms with Crippen LogP contribution in [-0.2, 0) is 11.2 Å². The highest BCUT2D eigenvalue weighted by Crippen LogP contribution is 2.19. The fourth-order valence-electron chi connectivity index (χ4n) is 2.38. The predicted octanol–water partition coefficient (Wildman–Crippen LogP) is 4.49. The molecule has 0 aliphatic carbocycles. The Labute approximate surface area is 134 Å². The summed E-state index contributed by atoms with van der Waals surface area (Å²) < 4.78 is 1.02. The summed E-state index contributed by atoms with van der Waals surface area (Å²) in [4.78, 5) is 12.2. The van der Waals surface area contributed by atoms with Crippen molar-refractivity contribution in [1.82, 2.24) is 5.32 Å². The molecule has 0 saturated heterocycles. The van der Waals surface area contributed by atoms with Crippen LogP contribution in [0.15, 0.2) is 46.9 Å². The van der Waals surface area contributed by atoms with Gasteiger partial charge in [0.2, 0.25) is 5.91 Å². The zero-order chi connectivity index (χ0) is 15.4. The molecule has 110 valence electrons. The molecule has 2 aromatic rings. The Morgan fingerprint density at radius 2 is 1.81 bits per heavy atom. The minimum absolute atomic E-state index is 0.0212. The number of carbonyl (C=O) groups is 1. The van der Waals surface area contributed by atoms with E-state index in [0.29, 0.717) is 6.42 Å². The summed E-state index contributed by atoms with van der Waals surface area (Å²) in [5, 5.41) is 3.08. The van der Waals surface area contributed by atoms with Crippen molar-refractivity contribution in [3.63, 3.8) is 0 Å². The Morgan fingerprint density at radius 1 is 1.14 bits per heavy atom. The Morgan fingerprint density at radius 3 is 2.48 bits per heavy atom. The fraction of sp³-hybridized carbons (Fsp3) is 0.278. The van der Waals surface area contributed by atoms with Crippen LogP contribution < -0.4 is 5.32 Å². The lowest BCUT2D eigenvalue weighted by atomic mass is 10.00. The van der Waals surface area contributed by atoms with Crippen LogP contribution in [0.3, 0.4) is 0 Å². The van der Waals surface area contributed by atoms with Crippen LogP contribution in [0.25, 0.3) is 0 Å². The zero-order valence-corrected chi connectivity index (χ0v) is 14.2. The Bertz CT molecular complexity index is 634. The van der Waals surface area contributed by atoms with E-state index in [1.807, 2.05) is 31.2 Å². The lowest BCUT2D eigenvalue weighted by Crippen LogP contribution is -2.28. The van der Waals surface area contributed by atoms with E-state index in [2.05, 4.69) is 53.3 Å². The molecule has 21 heavy (non-hydrogen) atoms. The summed E-state index contributed by atoms with van der Waals surface area (Å²) in [6.45, 7) is 6.17. The highest BCUT2D eigenvalue weighted by Gasteiger charge is 2.12. The first-order valence-corrected chi connectivity index (χ1v) is 7.86. The summed E-state index contributed by atoms with van der Waals surface area (Å²) in [6, 6.07) is 14.2. The summed E-state index contributed by atoms with van der Waals surface area (Å²) in [5.41, 5.74) is 4.62. The SMILES string of the molecule is Cc1ccc(C)c(C(C)NC(=O)Cc2ccc(Br)cc2)c1. The smallest absolute Gasteiger partial charge is 0.224 e. The van der Waals surface area contributed by atoms with Gasteiger partial charge in [-0.3, -0.25) is 4.79 Å². The van der Waals surface area contributed by atoms with Crippen molar-refractivity contribution in [3.8, 4) is 0 Å². The van der Waals surface area contributed by atoms with Crippen molar-refractivity contribution in [3.05, 3.63) is 69.2 Å². The van der Waals surface area contributed by atoms with Crippen LogP contribution in [0, 0.1) is 13.8 Å². The molecule has 1 amide bonds. The first kappa shape index (κ1) is 15.8. The summed E-state index contributed by atoms with van der Waals surface area (Å²) >= 11 is 3.40. The van der Waals surface area contributed by atoms with Gasteiger partial charge in [-0.2, -0.15) is 0 Å². The van der Waals surface area contributed by atoms with E-state index in [9.17, 15) is 4.79 Å². The molecule has 2 rings (SSSR count). The molecule has 2 aromatic carbocycles. The molecule has 0 spiro atoms. The van der Waals surface area contributed by atoms with Gasteiger partial charge >= 0.3 is 0 Å². The van der Waals surface area contributed by atoms with Gasteiger partial charge in [0.05, 0.1) is 12.5 Å². The third-order valence-electron chi connectivity index (χ3n) is 3.56. The van der Waals surface area contributed by atoms with Crippen molar-refractivity contribution >= 4 is 21.8 Å². The minimum atomic E-state index is 0.0212. The maximum atomic E-state index is 12.2. The molecule has 0 aliphatic heterocycles. The molecule has 0 saturated carbocycles. The molecule has 0 fully saturated rings. The van der Waals surface area contributed by atoms with Gasteiger partial charge in [-0.05, 0) is 49.6 Å². The third-order valence-corrected chi connectivity index (χ3v) is 4.09. The van der Waals surface area contributed by atoms with E-state index >= 15 is 0 Å². The summed E-state index contributed by atoms with van der Waals surface area (Å²) in [5.74, 6) is 0.0470. The van der Waals surface area contributed by atoms with Crippen molar-refractivity contribution in [2.24, 2.45) is 0 Å². The van der Waals surface area contributed by atoms with Crippen LogP contribution >= 0.6 is 15.9 Å². The molecule has 1 N–H and O–H groups in total. The average Bonchev–Trinajstić information content (AvgIpc) is 2.44. The molecule has 1 unspecified atom stereocenters. The average molecular weight is 346 g/mol.